The van der Waals surface area contributed by atoms with Gasteiger partial charge in [0.1, 0.15) is 5.69 Å². The Bertz CT molecular complexity index is 772. The highest BCUT2D eigenvalue weighted by molar-refractivity contribution is 6.27. The van der Waals surface area contributed by atoms with Crippen LogP contribution in [-0.2, 0) is 16.0 Å². The van der Waals surface area contributed by atoms with Gasteiger partial charge in [-0.2, -0.15) is 0 Å². The molecule has 1 aromatic carbocycles. The minimum Gasteiger partial charge on any atom is -0.345 e. The van der Waals surface area contributed by atoms with Gasteiger partial charge in [-0.3, -0.25) is 19.4 Å². The van der Waals surface area contributed by atoms with E-state index >= 15 is 0 Å². The first kappa shape index (κ1) is 16.0. The molecule has 0 saturated carbocycles. The summed E-state index contributed by atoms with van der Waals surface area (Å²) in [7, 11) is 0. The van der Waals surface area contributed by atoms with Crippen LogP contribution in [0.3, 0.4) is 0 Å². The van der Waals surface area contributed by atoms with Crippen molar-refractivity contribution in [3.8, 4) is 0 Å². The van der Waals surface area contributed by atoms with Crippen LogP contribution in [0.25, 0.3) is 0 Å². The summed E-state index contributed by atoms with van der Waals surface area (Å²) in [5, 5.41) is 2.63. The summed E-state index contributed by atoms with van der Waals surface area (Å²) >= 11 is 0. The van der Waals surface area contributed by atoms with E-state index in [-0.39, 0.29) is 11.5 Å². The van der Waals surface area contributed by atoms with Gasteiger partial charge in [-0.1, -0.05) is 30.3 Å². The van der Waals surface area contributed by atoms with E-state index in [1.165, 1.54) is 12.4 Å². The van der Waals surface area contributed by atoms with Crippen molar-refractivity contribution in [2.45, 2.75) is 25.8 Å². The lowest BCUT2D eigenvalue weighted by Crippen LogP contribution is -2.29. The van der Waals surface area contributed by atoms with E-state index in [4.69, 9.17) is 0 Å². The van der Waals surface area contributed by atoms with Gasteiger partial charge in [-0.05, 0) is 25.3 Å². The van der Waals surface area contributed by atoms with Gasteiger partial charge in [-0.25, -0.2) is 4.98 Å². The molecule has 2 aromatic rings. The first-order valence-corrected chi connectivity index (χ1v) is 7.77. The van der Waals surface area contributed by atoms with Crippen molar-refractivity contribution < 1.29 is 14.4 Å². The molecular weight excluding hydrogens is 306 g/mol. The minimum absolute atomic E-state index is 0.0396. The summed E-state index contributed by atoms with van der Waals surface area (Å²) < 4.78 is 0. The Hall–Kier alpha value is -2.89. The van der Waals surface area contributed by atoms with Crippen LogP contribution in [0.5, 0.6) is 0 Å². The molecule has 1 N–H and O–H groups in total. The summed E-state index contributed by atoms with van der Waals surface area (Å²) in [5.74, 6) is -2.84. The third-order valence-corrected chi connectivity index (χ3v) is 4.07. The van der Waals surface area contributed by atoms with Crippen LogP contribution in [0.2, 0.25) is 0 Å². The second-order valence-corrected chi connectivity index (χ2v) is 5.83. The molecule has 1 aliphatic rings. The van der Waals surface area contributed by atoms with Crippen LogP contribution in [0.4, 0.5) is 0 Å². The average Bonchev–Trinajstić information content (AvgIpc) is 2.88. The predicted molar refractivity (Wildman–Crippen MR) is 86.3 cm³/mol. The number of carbonyl (C=O) groups is 3. The molecule has 3 rings (SSSR count). The molecule has 6 nitrogen and oxygen atoms in total. The molecule has 2 unspecified atom stereocenters. The molecule has 1 aliphatic heterocycles. The fraction of sp³-hybridized carbons (Fsp3) is 0.278. The maximum Gasteiger partial charge on any atom is 0.239 e. The molecule has 0 bridgehead atoms. The molecule has 24 heavy (non-hydrogen) atoms. The lowest BCUT2D eigenvalue weighted by atomic mass is 9.94. The normalized spacial score (nSPS) is 20.0. The zero-order chi connectivity index (χ0) is 17.1. The number of carbonyl (C=O) groups excluding carboxylic acids is 3. The maximum absolute atomic E-state index is 12.5. The molecule has 1 aromatic heterocycles. The van der Waals surface area contributed by atoms with Crippen LogP contribution in [0.15, 0.2) is 42.7 Å². The number of ketones is 2. The summed E-state index contributed by atoms with van der Waals surface area (Å²) in [6.07, 6.45) is 3.87. The predicted octanol–water partition coefficient (Wildman–Crippen LogP) is 1.28. The van der Waals surface area contributed by atoms with Crippen LogP contribution in [-0.4, -0.2) is 33.5 Å². The summed E-state index contributed by atoms with van der Waals surface area (Å²) in [4.78, 5) is 44.9. The van der Waals surface area contributed by atoms with Gasteiger partial charge in [0.15, 0.2) is 11.7 Å². The Morgan fingerprint density at radius 2 is 1.88 bits per heavy atom. The van der Waals surface area contributed by atoms with Crippen molar-refractivity contribution >= 4 is 17.5 Å². The van der Waals surface area contributed by atoms with E-state index in [1.807, 2.05) is 30.3 Å². The molecule has 1 saturated heterocycles. The van der Waals surface area contributed by atoms with E-state index in [2.05, 4.69) is 15.3 Å². The van der Waals surface area contributed by atoms with Crippen molar-refractivity contribution in [2.24, 2.45) is 5.92 Å². The largest absolute Gasteiger partial charge is 0.345 e. The van der Waals surface area contributed by atoms with E-state index in [1.54, 1.807) is 6.92 Å². The van der Waals surface area contributed by atoms with Crippen LogP contribution < -0.4 is 5.32 Å². The number of aryl methyl sites for hydroxylation is 2. The van der Waals surface area contributed by atoms with Crippen molar-refractivity contribution in [1.29, 1.82) is 0 Å². The van der Waals surface area contributed by atoms with Gasteiger partial charge in [0.2, 0.25) is 11.7 Å². The number of hydrogen-bond donors (Lipinski definition) is 1. The fourth-order valence-electron chi connectivity index (χ4n) is 2.74. The van der Waals surface area contributed by atoms with Crippen LogP contribution in [0, 0.1) is 12.8 Å². The Labute approximate surface area is 139 Å². The fourth-order valence-corrected chi connectivity index (χ4v) is 2.74. The SMILES string of the molecule is Cc1cnc(C(=O)C2C(=O)NC(CCc3ccccc3)C2=O)cn1. The topological polar surface area (TPSA) is 89.0 Å². The second kappa shape index (κ2) is 6.70. The zero-order valence-corrected chi connectivity index (χ0v) is 13.2. The molecule has 2 atom stereocenters. The van der Waals surface area contributed by atoms with Crippen molar-refractivity contribution in [1.82, 2.24) is 15.3 Å². The van der Waals surface area contributed by atoms with Crippen LogP contribution in [0.1, 0.15) is 28.2 Å². The second-order valence-electron chi connectivity index (χ2n) is 5.83. The third-order valence-electron chi connectivity index (χ3n) is 4.07. The van der Waals surface area contributed by atoms with Gasteiger partial charge in [0.05, 0.1) is 17.9 Å². The van der Waals surface area contributed by atoms with E-state index in [9.17, 15) is 14.4 Å². The van der Waals surface area contributed by atoms with Crippen molar-refractivity contribution in [2.75, 3.05) is 0 Å². The van der Waals surface area contributed by atoms with Crippen LogP contribution >= 0.6 is 0 Å². The first-order chi connectivity index (χ1) is 11.6. The van der Waals surface area contributed by atoms with Gasteiger partial charge in [0.25, 0.3) is 0 Å². The van der Waals surface area contributed by atoms with Crippen molar-refractivity contribution in [3.05, 3.63) is 59.7 Å². The standard InChI is InChI=1S/C18H17N3O3/c1-11-9-20-14(10-19-11)17(23)15-16(22)13(21-18(15)24)8-7-12-5-3-2-4-6-12/h2-6,9-10,13,15H,7-8H2,1H3,(H,21,24). The summed E-state index contributed by atoms with van der Waals surface area (Å²) in [5.41, 5.74) is 1.78. The third kappa shape index (κ3) is 3.22. The number of Topliss-reactive ketones (excluding diaryl/α,β-unsaturated/α-hetero) is 2. The van der Waals surface area contributed by atoms with Gasteiger partial charge < -0.3 is 5.32 Å². The monoisotopic (exact) mass is 323 g/mol. The number of nitrogens with zero attached hydrogens (tertiary/aromatic N) is 2. The summed E-state index contributed by atoms with van der Waals surface area (Å²) in [6.45, 7) is 1.74. The average molecular weight is 323 g/mol. The molecule has 122 valence electrons. The quantitative estimate of drug-likeness (QED) is 0.661. The van der Waals surface area contributed by atoms with Gasteiger partial charge in [-0.15, -0.1) is 0 Å². The molecule has 0 spiro atoms. The van der Waals surface area contributed by atoms with E-state index in [0.717, 1.165) is 5.56 Å². The molecule has 0 radical (unpaired) electrons. The molecule has 2 heterocycles. The molecule has 1 amide bonds. The first-order valence-electron chi connectivity index (χ1n) is 7.77. The zero-order valence-electron chi connectivity index (χ0n) is 13.2. The molecule has 6 heteroatoms. The summed E-state index contributed by atoms with van der Waals surface area (Å²) in [6, 6.07) is 9.06. The number of nitrogens with one attached hydrogen (secondary N) is 1. The molecule has 1 fully saturated rings. The Balaban J connectivity index is 1.69. The number of benzene rings is 1. The smallest absolute Gasteiger partial charge is 0.239 e. The molecule has 0 aliphatic carbocycles. The van der Waals surface area contributed by atoms with Gasteiger partial charge >= 0.3 is 0 Å². The highest BCUT2D eigenvalue weighted by Crippen LogP contribution is 2.19. The highest BCUT2D eigenvalue weighted by Gasteiger charge is 2.45. The molecular formula is C18H17N3O3. The lowest BCUT2D eigenvalue weighted by Gasteiger charge is -2.08. The van der Waals surface area contributed by atoms with Gasteiger partial charge in [0, 0.05) is 6.20 Å². The number of hydrogen-bond acceptors (Lipinski definition) is 5. The number of rotatable bonds is 5. The van der Waals surface area contributed by atoms with E-state index < -0.39 is 23.7 Å². The Morgan fingerprint density at radius 3 is 2.54 bits per heavy atom. The minimum atomic E-state index is -1.32. The highest BCUT2D eigenvalue weighted by atomic mass is 16.2. The lowest BCUT2D eigenvalue weighted by molar-refractivity contribution is -0.125. The van der Waals surface area contributed by atoms with E-state index in [0.29, 0.717) is 18.5 Å². The van der Waals surface area contributed by atoms with Crippen molar-refractivity contribution in [3.63, 3.8) is 0 Å². The maximum atomic E-state index is 12.5. The Kier molecular flexibility index (Phi) is 4.46. The Morgan fingerprint density at radius 1 is 1.12 bits per heavy atom. The number of amides is 1. The number of aromatic nitrogens is 2.